The van der Waals surface area contributed by atoms with E-state index >= 15 is 0 Å². The molecule has 0 saturated heterocycles. The van der Waals surface area contributed by atoms with Gasteiger partial charge in [0, 0.05) is 11.8 Å². The molecule has 0 bridgehead atoms. The second-order valence-electron chi connectivity index (χ2n) is 2.68. The average molecular weight is 233 g/mol. The Labute approximate surface area is 88.8 Å². The SMILES string of the molecule is Nc1ccc([N+](=O)[O-])c(F)c1C(=O)CCl. The lowest BCUT2D eigenvalue weighted by molar-refractivity contribution is -0.387. The number of nitrogens with two attached hydrogens (primary N) is 1. The fraction of sp³-hybridized carbons (Fsp3) is 0.125. The minimum Gasteiger partial charge on any atom is -0.398 e. The smallest absolute Gasteiger partial charge is 0.305 e. The summed E-state index contributed by atoms with van der Waals surface area (Å²) < 4.78 is 13.4. The molecule has 7 heteroatoms. The third-order valence-electron chi connectivity index (χ3n) is 1.75. The molecule has 0 spiro atoms. The highest BCUT2D eigenvalue weighted by Gasteiger charge is 2.23. The molecule has 1 rings (SSSR count). The van der Waals surface area contributed by atoms with Gasteiger partial charge in [0.05, 0.1) is 16.4 Å². The summed E-state index contributed by atoms with van der Waals surface area (Å²) >= 11 is 5.22. The summed E-state index contributed by atoms with van der Waals surface area (Å²) in [5, 5.41) is 10.4. The molecule has 0 fully saturated rings. The summed E-state index contributed by atoms with van der Waals surface area (Å²) in [6, 6.07) is 2.00. The Morgan fingerprint density at radius 2 is 2.20 bits per heavy atom. The van der Waals surface area contributed by atoms with E-state index in [9.17, 15) is 19.3 Å². The van der Waals surface area contributed by atoms with Crippen LogP contribution in [0.25, 0.3) is 0 Å². The summed E-state index contributed by atoms with van der Waals surface area (Å²) in [5.74, 6) is -2.51. The number of hydrogen-bond acceptors (Lipinski definition) is 4. The molecule has 0 aliphatic carbocycles. The van der Waals surface area contributed by atoms with E-state index in [2.05, 4.69) is 0 Å². The molecule has 1 aromatic rings. The molecule has 0 radical (unpaired) electrons. The highest BCUT2D eigenvalue weighted by Crippen LogP contribution is 2.25. The van der Waals surface area contributed by atoms with Crippen LogP contribution in [0.2, 0.25) is 0 Å². The third kappa shape index (κ3) is 2.04. The zero-order valence-corrected chi connectivity index (χ0v) is 8.12. The number of nitrogen functional groups attached to an aromatic ring is 1. The van der Waals surface area contributed by atoms with Gasteiger partial charge >= 0.3 is 5.69 Å². The van der Waals surface area contributed by atoms with E-state index in [1.54, 1.807) is 0 Å². The minimum atomic E-state index is -1.24. The van der Waals surface area contributed by atoms with Gasteiger partial charge in [0.25, 0.3) is 0 Å². The Morgan fingerprint density at radius 3 is 2.67 bits per heavy atom. The standard InChI is InChI=1S/C8H6ClFN2O3/c9-3-6(13)7-4(11)1-2-5(8(7)10)12(14)15/h1-2H,3,11H2. The zero-order chi connectivity index (χ0) is 11.6. The quantitative estimate of drug-likeness (QED) is 0.283. The lowest BCUT2D eigenvalue weighted by Crippen LogP contribution is -2.10. The van der Waals surface area contributed by atoms with Crippen molar-refractivity contribution in [1.82, 2.24) is 0 Å². The Kier molecular flexibility index (Phi) is 3.21. The number of alkyl halides is 1. The van der Waals surface area contributed by atoms with Crippen molar-refractivity contribution in [2.75, 3.05) is 11.6 Å². The molecule has 0 amide bonds. The highest BCUT2D eigenvalue weighted by molar-refractivity contribution is 6.31. The van der Waals surface area contributed by atoms with E-state index < -0.39 is 33.7 Å². The van der Waals surface area contributed by atoms with Gasteiger partial charge in [0.1, 0.15) is 0 Å². The maximum absolute atomic E-state index is 13.4. The van der Waals surface area contributed by atoms with Crippen LogP contribution < -0.4 is 5.73 Å². The molecule has 0 unspecified atom stereocenters. The van der Waals surface area contributed by atoms with Crippen molar-refractivity contribution in [3.05, 3.63) is 33.6 Å². The van der Waals surface area contributed by atoms with Crippen LogP contribution in [0.1, 0.15) is 10.4 Å². The van der Waals surface area contributed by atoms with E-state index in [-0.39, 0.29) is 5.69 Å². The number of nitro benzene ring substituents is 1. The molecule has 1 aromatic carbocycles. The second-order valence-corrected chi connectivity index (χ2v) is 2.94. The number of hydrogen-bond donors (Lipinski definition) is 1. The predicted molar refractivity (Wildman–Crippen MR) is 52.5 cm³/mol. The minimum absolute atomic E-state index is 0.163. The fourth-order valence-corrected chi connectivity index (χ4v) is 1.20. The van der Waals surface area contributed by atoms with E-state index in [0.717, 1.165) is 12.1 Å². The Morgan fingerprint density at radius 1 is 1.60 bits per heavy atom. The molecule has 0 aliphatic heterocycles. The van der Waals surface area contributed by atoms with Gasteiger partial charge in [0.2, 0.25) is 5.82 Å². The van der Waals surface area contributed by atoms with Crippen LogP contribution in [0.15, 0.2) is 12.1 Å². The van der Waals surface area contributed by atoms with Crippen molar-refractivity contribution < 1.29 is 14.1 Å². The van der Waals surface area contributed by atoms with Gasteiger partial charge in [0.15, 0.2) is 5.78 Å². The van der Waals surface area contributed by atoms with Crippen molar-refractivity contribution in [2.45, 2.75) is 0 Å². The molecule has 5 nitrogen and oxygen atoms in total. The summed E-state index contributed by atoms with van der Waals surface area (Å²) in [7, 11) is 0. The fourth-order valence-electron chi connectivity index (χ4n) is 1.07. The van der Waals surface area contributed by atoms with Crippen molar-refractivity contribution in [1.29, 1.82) is 0 Å². The summed E-state index contributed by atoms with van der Waals surface area (Å²) in [4.78, 5) is 20.6. The number of anilines is 1. The lowest BCUT2D eigenvalue weighted by atomic mass is 10.1. The summed E-state index contributed by atoms with van der Waals surface area (Å²) in [5.41, 5.74) is 3.84. The first-order valence-corrected chi connectivity index (χ1v) is 4.34. The van der Waals surface area contributed by atoms with Crippen molar-refractivity contribution >= 4 is 28.8 Å². The molecular formula is C8H6ClFN2O3. The van der Waals surface area contributed by atoms with Crippen LogP contribution in [0.5, 0.6) is 0 Å². The van der Waals surface area contributed by atoms with E-state index in [4.69, 9.17) is 17.3 Å². The Balaban J connectivity index is 3.43. The molecule has 80 valence electrons. The van der Waals surface area contributed by atoms with Gasteiger partial charge in [-0.05, 0) is 6.07 Å². The van der Waals surface area contributed by atoms with Gasteiger partial charge in [-0.2, -0.15) is 4.39 Å². The van der Waals surface area contributed by atoms with Crippen LogP contribution in [-0.2, 0) is 0 Å². The van der Waals surface area contributed by atoms with Crippen molar-refractivity contribution in [2.24, 2.45) is 0 Å². The molecular weight excluding hydrogens is 227 g/mol. The molecule has 0 atom stereocenters. The number of nitro groups is 1. The number of ketones is 1. The molecule has 0 aromatic heterocycles. The Hall–Kier alpha value is -1.69. The predicted octanol–water partition coefficient (Wildman–Crippen LogP) is 1.74. The van der Waals surface area contributed by atoms with Crippen molar-refractivity contribution in [3.8, 4) is 0 Å². The lowest BCUT2D eigenvalue weighted by Gasteiger charge is -2.04. The number of carbonyl (C=O) groups excluding carboxylic acids is 1. The third-order valence-corrected chi connectivity index (χ3v) is 1.99. The van der Waals surface area contributed by atoms with Crippen LogP contribution in [0.3, 0.4) is 0 Å². The monoisotopic (exact) mass is 232 g/mol. The van der Waals surface area contributed by atoms with Gasteiger partial charge < -0.3 is 5.73 Å². The average Bonchev–Trinajstić information content (AvgIpc) is 2.16. The second kappa shape index (κ2) is 4.22. The summed E-state index contributed by atoms with van der Waals surface area (Å²) in [6.07, 6.45) is 0. The van der Waals surface area contributed by atoms with Crippen LogP contribution in [0, 0.1) is 15.9 Å². The molecule has 0 saturated carbocycles. The van der Waals surface area contributed by atoms with E-state index in [1.165, 1.54) is 0 Å². The first-order valence-electron chi connectivity index (χ1n) is 3.80. The van der Waals surface area contributed by atoms with Crippen molar-refractivity contribution in [3.63, 3.8) is 0 Å². The largest absolute Gasteiger partial charge is 0.398 e. The number of Topliss-reactive ketones (excluding diaryl/α,β-unsaturated/α-hetero) is 1. The topological polar surface area (TPSA) is 86.2 Å². The summed E-state index contributed by atoms with van der Waals surface area (Å²) in [6.45, 7) is 0. The molecule has 2 N–H and O–H groups in total. The van der Waals surface area contributed by atoms with Crippen LogP contribution in [-0.4, -0.2) is 16.6 Å². The van der Waals surface area contributed by atoms with Crippen LogP contribution >= 0.6 is 11.6 Å². The first kappa shape index (κ1) is 11.4. The molecule has 0 heterocycles. The number of halogens is 2. The number of nitrogens with zero attached hydrogens (tertiary/aromatic N) is 1. The van der Waals surface area contributed by atoms with Gasteiger partial charge in [-0.1, -0.05) is 0 Å². The van der Waals surface area contributed by atoms with E-state index in [1.807, 2.05) is 0 Å². The zero-order valence-electron chi connectivity index (χ0n) is 7.37. The maximum atomic E-state index is 13.4. The molecule has 0 aliphatic rings. The maximum Gasteiger partial charge on any atom is 0.305 e. The number of carbonyl (C=O) groups is 1. The van der Waals surface area contributed by atoms with Gasteiger partial charge in [-0.3, -0.25) is 14.9 Å². The number of benzene rings is 1. The highest BCUT2D eigenvalue weighted by atomic mass is 35.5. The Bertz CT molecular complexity index is 436. The molecule has 15 heavy (non-hydrogen) atoms. The normalized spacial score (nSPS) is 10.0. The number of rotatable bonds is 3. The van der Waals surface area contributed by atoms with E-state index in [0.29, 0.717) is 0 Å². The van der Waals surface area contributed by atoms with Gasteiger partial charge in [-0.25, -0.2) is 0 Å². The van der Waals surface area contributed by atoms with Crippen LogP contribution in [0.4, 0.5) is 15.8 Å². The first-order chi connectivity index (χ1) is 6.99. The van der Waals surface area contributed by atoms with Gasteiger partial charge in [-0.15, -0.1) is 11.6 Å².